The molecule has 72 valence electrons. The van der Waals surface area contributed by atoms with Crippen LogP contribution in [0.3, 0.4) is 0 Å². The number of rotatable bonds is 4. The maximum Gasteiger partial charge on any atom is 0.345 e. The van der Waals surface area contributed by atoms with E-state index in [4.69, 9.17) is 0 Å². The quantitative estimate of drug-likeness (QED) is 0.524. The smallest absolute Gasteiger partial charge is 0.344 e. The average molecular weight is 195 g/mol. The highest BCUT2D eigenvalue weighted by Crippen LogP contribution is 1.96. The molecule has 0 saturated heterocycles. The van der Waals surface area contributed by atoms with Crippen molar-refractivity contribution in [1.82, 2.24) is 6.15 Å². The standard InChI is InChI=1S/C6H10O4S.H3N/c1-3-5-11(8,9)10-6(7)4-2;/h4H,2-3,5H2,1H3;1H3. The van der Waals surface area contributed by atoms with Gasteiger partial charge in [0.25, 0.3) is 0 Å². The topological polar surface area (TPSA) is 95.4 Å². The molecule has 5 nitrogen and oxygen atoms in total. The van der Waals surface area contributed by atoms with Gasteiger partial charge in [-0.15, -0.1) is 0 Å². The first-order chi connectivity index (χ1) is 5.02. The first kappa shape index (κ1) is 13.7. The third-order valence-electron chi connectivity index (χ3n) is 0.830. The summed E-state index contributed by atoms with van der Waals surface area (Å²) in [5.74, 6) is -1.08. The van der Waals surface area contributed by atoms with Crippen LogP contribution in [0.2, 0.25) is 0 Å². The lowest BCUT2D eigenvalue weighted by Crippen LogP contribution is -2.13. The molecular formula is C6H13NO4S. The Bertz CT molecular complexity index is 244. The molecule has 0 aromatic heterocycles. The van der Waals surface area contributed by atoms with E-state index >= 15 is 0 Å². The van der Waals surface area contributed by atoms with Crippen LogP contribution in [0.5, 0.6) is 0 Å². The van der Waals surface area contributed by atoms with Crippen LogP contribution in [-0.4, -0.2) is 20.1 Å². The van der Waals surface area contributed by atoms with Gasteiger partial charge in [-0.3, -0.25) is 0 Å². The molecule has 0 radical (unpaired) electrons. The molecule has 0 spiro atoms. The van der Waals surface area contributed by atoms with E-state index in [9.17, 15) is 13.2 Å². The van der Waals surface area contributed by atoms with Crippen LogP contribution in [0.4, 0.5) is 0 Å². The van der Waals surface area contributed by atoms with E-state index in [0.717, 1.165) is 6.08 Å². The lowest BCUT2D eigenvalue weighted by Gasteiger charge is -1.99. The summed E-state index contributed by atoms with van der Waals surface area (Å²) in [6, 6.07) is 0. The summed E-state index contributed by atoms with van der Waals surface area (Å²) in [6.07, 6.45) is 1.24. The molecule has 0 aliphatic heterocycles. The van der Waals surface area contributed by atoms with E-state index in [1.54, 1.807) is 6.92 Å². The Morgan fingerprint density at radius 2 is 2.08 bits per heavy atom. The molecule has 0 atom stereocenters. The van der Waals surface area contributed by atoms with Crippen LogP contribution in [0.15, 0.2) is 12.7 Å². The zero-order valence-corrected chi connectivity index (χ0v) is 7.76. The van der Waals surface area contributed by atoms with Crippen molar-refractivity contribution in [3.05, 3.63) is 12.7 Å². The Morgan fingerprint density at radius 1 is 1.58 bits per heavy atom. The molecule has 0 rings (SSSR count). The normalized spacial score (nSPS) is 9.75. The molecule has 12 heavy (non-hydrogen) atoms. The largest absolute Gasteiger partial charge is 0.345 e. The molecule has 0 bridgehead atoms. The first-order valence-electron chi connectivity index (χ1n) is 3.10. The second-order valence-electron chi connectivity index (χ2n) is 1.87. The molecule has 0 saturated carbocycles. The fourth-order valence-corrected chi connectivity index (χ4v) is 1.35. The van der Waals surface area contributed by atoms with Gasteiger partial charge in [0.2, 0.25) is 0 Å². The fraction of sp³-hybridized carbons (Fsp3) is 0.500. The molecule has 0 aliphatic carbocycles. The molecular weight excluding hydrogens is 182 g/mol. The number of carbonyl (C=O) groups is 1. The van der Waals surface area contributed by atoms with E-state index in [2.05, 4.69) is 10.8 Å². The van der Waals surface area contributed by atoms with Crippen LogP contribution < -0.4 is 6.15 Å². The lowest BCUT2D eigenvalue weighted by molar-refractivity contribution is -0.128. The number of hydrogen-bond acceptors (Lipinski definition) is 5. The van der Waals surface area contributed by atoms with Crippen molar-refractivity contribution in [3.8, 4) is 0 Å². The Hall–Kier alpha value is -0.880. The molecule has 6 heteroatoms. The zero-order valence-electron chi connectivity index (χ0n) is 6.95. The van der Waals surface area contributed by atoms with Crippen molar-refractivity contribution in [2.45, 2.75) is 13.3 Å². The van der Waals surface area contributed by atoms with E-state index in [1.807, 2.05) is 0 Å². The highest BCUT2D eigenvalue weighted by Gasteiger charge is 2.12. The minimum atomic E-state index is -3.66. The van der Waals surface area contributed by atoms with Gasteiger partial charge < -0.3 is 10.3 Å². The van der Waals surface area contributed by atoms with Gasteiger partial charge in [0, 0.05) is 6.08 Å². The van der Waals surface area contributed by atoms with E-state index in [1.165, 1.54) is 0 Å². The van der Waals surface area contributed by atoms with Crippen molar-refractivity contribution in [2.75, 3.05) is 5.75 Å². The highest BCUT2D eigenvalue weighted by molar-refractivity contribution is 7.87. The van der Waals surface area contributed by atoms with Gasteiger partial charge in [-0.2, -0.15) is 8.42 Å². The average Bonchev–Trinajstić information content (AvgIpc) is 1.86. The summed E-state index contributed by atoms with van der Waals surface area (Å²) in [7, 11) is -3.66. The monoisotopic (exact) mass is 195 g/mol. The summed E-state index contributed by atoms with van der Waals surface area (Å²) in [5.41, 5.74) is 0. The Morgan fingerprint density at radius 3 is 2.42 bits per heavy atom. The van der Waals surface area contributed by atoms with Crippen LogP contribution in [-0.2, 0) is 19.1 Å². The van der Waals surface area contributed by atoms with Crippen molar-refractivity contribution in [2.24, 2.45) is 0 Å². The maximum absolute atomic E-state index is 10.7. The van der Waals surface area contributed by atoms with Gasteiger partial charge >= 0.3 is 16.1 Å². The third kappa shape index (κ3) is 5.87. The van der Waals surface area contributed by atoms with Crippen molar-refractivity contribution in [1.29, 1.82) is 0 Å². The first-order valence-corrected chi connectivity index (χ1v) is 4.68. The predicted molar refractivity (Wildman–Crippen MR) is 45.4 cm³/mol. The van der Waals surface area contributed by atoms with Crippen LogP contribution in [0.1, 0.15) is 13.3 Å². The summed E-state index contributed by atoms with van der Waals surface area (Å²) < 4.78 is 25.5. The lowest BCUT2D eigenvalue weighted by atomic mass is 10.6. The van der Waals surface area contributed by atoms with Gasteiger partial charge in [-0.1, -0.05) is 13.5 Å². The zero-order chi connectivity index (χ0) is 8.91. The van der Waals surface area contributed by atoms with Gasteiger partial charge in [0.05, 0.1) is 5.75 Å². The summed E-state index contributed by atoms with van der Waals surface area (Å²) in [4.78, 5) is 10.4. The molecule has 0 heterocycles. The fourth-order valence-electron chi connectivity index (χ4n) is 0.451. The number of carbonyl (C=O) groups excluding carboxylic acids is 1. The highest BCUT2D eigenvalue weighted by atomic mass is 32.2. The van der Waals surface area contributed by atoms with E-state index < -0.39 is 16.1 Å². The molecule has 0 fully saturated rings. The molecule has 0 unspecified atom stereocenters. The molecule has 0 aromatic rings. The van der Waals surface area contributed by atoms with Gasteiger partial charge in [-0.05, 0) is 6.42 Å². The van der Waals surface area contributed by atoms with E-state index in [-0.39, 0.29) is 11.9 Å². The summed E-state index contributed by atoms with van der Waals surface area (Å²) in [5, 5.41) is 0. The van der Waals surface area contributed by atoms with Crippen LogP contribution in [0.25, 0.3) is 0 Å². The van der Waals surface area contributed by atoms with Gasteiger partial charge in [0.1, 0.15) is 0 Å². The van der Waals surface area contributed by atoms with Gasteiger partial charge in [-0.25, -0.2) is 4.79 Å². The second-order valence-corrected chi connectivity index (χ2v) is 3.56. The Labute approximate surface area is 72.1 Å². The van der Waals surface area contributed by atoms with Crippen LogP contribution in [0, 0.1) is 0 Å². The minimum Gasteiger partial charge on any atom is -0.344 e. The Kier molecular flexibility index (Phi) is 6.54. The molecule has 0 aliphatic rings. The van der Waals surface area contributed by atoms with Crippen molar-refractivity contribution < 1.29 is 17.4 Å². The second kappa shape index (κ2) is 5.73. The van der Waals surface area contributed by atoms with Crippen LogP contribution >= 0.6 is 0 Å². The third-order valence-corrected chi connectivity index (χ3v) is 2.16. The summed E-state index contributed by atoms with van der Waals surface area (Å²) in [6.45, 7) is 4.75. The van der Waals surface area contributed by atoms with E-state index in [0.29, 0.717) is 6.42 Å². The SMILES string of the molecule is C=CC(=O)OS(=O)(=O)CCC.N. The predicted octanol–water partition coefficient (Wildman–Crippen LogP) is 0.617. The minimum absolute atomic E-state index is 0. The maximum atomic E-state index is 10.7. The van der Waals surface area contributed by atoms with Crippen molar-refractivity contribution >= 4 is 16.1 Å². The molecule has 3 N–H and O–H groups in total. The summed E-state index contributed by atoms with van der Waals surface area (Å²) >= 11 is 0. The van der Waals surface area contributed by atoms with Gasteiger partial charge in [0.15, 0.2) is 0 Å². The Balaban J connectivity index is 0. The van der Waals surface area contributed by atoms with Crippen molar-refractivity contribution in [3.63, 3.8) is 0 Å². The molecule has 0 amide bonds. The molecule has 0 aromatic carbocycles. The number of hydrogen-bond donors (Lipinski definition) is 1.